The molecule has 0 aliphatic carbocycles. The highest BCUT2D eigenvalue weighted by Crippen LogP contribution is 2.38. The number of carbonyl (C=O) groups is 1. The molecule has 0 heterocycles. The van der Waals surface area contributed by atoms with Gasteiger partial charge in [-0.1, -0.05) is 167 Å². The number of ether oxygens (including phenoxy) is 2. The molecule has 0 fully saturated rings. The van der Waals surface area contributed by atoms with Gasteiger partial charge in [-0.2, -0.15) is 0 Å². The summed E-state index contributed by atoms with van der Waals surface area (Å²) in [5.41, 5.74) is 0. The fourth-order valence-electron chi connectivity index (χ4n) is 6.54. The van der Waals surface area contributed by atoms with Crippen LogP contribution in [0.1, 0.15) is 213 Å². The Morgan fingerprint density at radius 3 is 1.36 bits per heavy atom. The molecule has 0 aromatic rings. The second-order valence-corrected chi connectivity index (χ2v) is 18.5. The van der Waals surface area contributed by atoms with Crippen molar-refractivity contribution < 1.29 is 37.3 Å². The smallest absolute Gasteiger partial charge is 0.306 e. The Morgan fingerprint density at radius 1 is 0.536 bits per heavy atom. The SMILES string of the molecule is CCCCCCCC/C=C\CCCCCCCCCC(=O)OC(COCCCCCCCC/C=C\CCCCCCCCC)COP(=O)([O-])OCC[N+](C)(C)C. The van der Waals surface area contributed by atoms with E-state index in [1.165, 1.54) is 161 Å². The number of likely N-dealkylation sites (N-methyl/N-ethyl adjacent to an activating group) is 1. The molecule has 0 rings (SSSR count). The molecule has 0 saturated heterocycles. The second-order valence-electron chi connectivity index (χ2n) is 17.1. The van der Waals surface area contributed by atoms with Gasteiger partial charge in [0.2, 0.25) is 0 Å². The molecular weight excluding hydrogens is 721 g/mol. The van der Waals surface area contributed by atoms with Crippen molar-refractivity contribution in [3.05, 3.63) is 24.3 Å². The zero-order valence-electron chi connectivity index (χ0n) is 37.6. The van der Waals surface area contributed by atoms with Crippen molar-refractivity contribution in [2.75, 3.05) is 54.1 Å². The summed E-state index contributed by atoms with van der Waals surface area (Å²) in [6.07, 6.45) is 46.1. The molecule has 0 radical (unpaired) electrons. The quantitative estimate of drug-likeness (QED) is 0.0199. The van der Waals surface area contributed by atoms with Gasteiger partial charge in [0.25, 0.3) is 7.82 Å². The van der Waals surface area contributed by atoms with Crippen LogP contribution in [0.5, 0.6) is 0 Å². The summed E-state index contributed by atoms with van der Waals surface area (Å²) in [5.74, 6) is -0.339. The molecule has 56 heavy (non-hydrogen) atoms. The Morgan fingerprint density at radius 2 is 0.929 bits per heavy atom. The topological polar surface area (TPSA) is 94.1 Å². The first-order valence-corrected chi connectivity index (χ1v) is 25.0. The highest BCUT2D eigenvalue weighted by Gasteiger charge is 2.20. The van der Waals surface area contributed by atoms with E-state index in [2.05, 4.69) is 38.2 Å². The summed E-state index contributed by atoms with van der Waals surface area (Å²) >= 11 is 0. The molecule has 2 unspecified atom stereocenters. The number of phosphoric acid groups is 1. The zero-order chi connectivity index (χ0) is 41.3. The van der Waals surface area contributed by atoms with E-state index < -0.39 is 13.9 Å². The molecular formula is C47H92NO7P. The normalized spacial score (nSPS) is 13.9. The summed E-state index contributed by atoms with van der Waals surface area (Å²) < 4.78 is 34.6. The summed E-state index contributed by atoms with van der Waals surface area (Å²) in [6.45, 7) is 5.41. The third kappa shape index (κ3) is 44.1. The maximum Gasteiger partial charge on any atom is 0.306 e. The third-order valence-electron chi connectivity index (χ3n) is 10.2. The lowest BCUT2D eigenvalue weighted by molar-refractivity contribution is -0.870. The van der Waals surface area contributed by atoms with Crippen LogP contribution >= 0.6 is 7.82 Å². The minimum Gasteiger partial charge on any atom is -0.756 e. The van der Waals surface area contributed by atoms with Crippen LogP contribution in [-0.4, -0.2) is 70.7 Å². The summed E-state index contributed by atoms with van der Waals surface area (Å²) in [7, 11) is 1.36. The summed E-state index contributed by atoms with van der Waals surface area (Å²) in [4.78, 5) is 25.1. The van der Waals surface area contributed by atoms with Gasteiger partial charge in [0.15, 0.2) is 0 Å². The van der Waals surface area contributed by atoms with Crippen LogP contribution in [0.15, 0.2) is 24.3 Å². The van der Waals surface area contributed by atoms with Crippen LogP contribution in [0.3, 0.4) is 0 Å². The third-order valence-corrected chi connectivity index (χ3v) is 11.2. The van der Waals surface area contributed by atoms with Gasteiger partial charge < -0.3 is 27.9 Å². The van der Waals surface area contributed by atoms with Crippen LogP contribution < -0.4 is 4.89 Å². The molecule has 0 N–H and O–H groups in total. The van der Waals surface area contributed by atoms with E-state index in [0.717, 1.165) is 32.1 Å². The van der Waals surface area contributed by atoms with Crippen LogP contribution in [-0.2, 0) is 27.9 Å². The Hall–Kier alpha value is -1.02. The van der Waals surface area contributed by atoms with Crippen molar-refractivity contribution in [3.63, 3.8) is 0 Å². The van der Waals surface area contributed by atoms with Crippen molar-refractivity contribution in [3.8, 4) is 0 Å². The number of nitrogens with zero attached hydrogens (tertiary/aromatic N) is 1. The molecule has 0 aliphatic rings. The number of quaternary nitrogens is 1. The molecule has 0 aromatic heterocycles. The van der Waals surface area contributed by atoms with Gasteiger partial charge in [-0.15, -0.1) is 0 Å². The lowest BCUT2D eigenvalue weighted by atomic mass is 10.1. The molecule has 2 atom stereocenters. The predicted molar refractivity (Wildman–Crippen MR) is 236 cm³/mol. The highest BCUT2D eigenvalue weighted by atomic mass is 31.2. The Labute approximate surface area is 347 Å². The van der Waals surface area contributed by atoms with Crippen LogP contribution in [0, 0.1) is 0 Å². The van der Waals surface area contributed by atoms with Crippen LogP contribution in [0.4, 0.5) is 0 Å². The monoisotopic (exact) mass is 814 g/mol. The number of unbranched alkanes of at least 4 members (excludes halogenated alkanes) is 26. The summed E-state index contributed by atoms with van der Waals surface area (Å²) in [6, 6.07) is 0. The molecule has 0 bridgehead atoms. The van der Waals surface area contributed by atoms with E-state index in [4.69, 9.17) is 18.5 Å². The van der Waals surface area contributed by atoms with Gasteiger partial charge >= 0.3 is 5.97 Å². The summed E-state index contributed by atoms with van der Waals surface area (Å²) in [5, 5.41) is 0. The van der Waals surface area contributed by atoms with E-state index >= 15 is 0 Å². The second kappa shape index (κ2) is 40.7. The Bertz CT molecular complexity index is 951. The van der Waals surface area contributed by atoms with Gasteiger partial charge in [0.1, 0.15) is 19.3 Å². The number of hydrogen-bond donors (Lipinski definition) is 0. The van der Waals surface area contributed by atoms with Gasteiger partial charge in [0.05, 0.1) is 34.4 Å². The molecule has 9 heteroatoms. The molecule has 0 spiro atoms. The standard InChI is InChI=1S/C47H92NO7P/c1-6-8-10-12-14-16-18-20-22-24-26-28-30-32-34-36-38-40-47(49)55-46(45-54-56(50,51)53-43-41-48(3,4)5)44-52-42-39-37-35-33-31-29-27-25-23-21-19-17-15-13-11-9-7-2/h20,22-23,25,46H,6-19,21,24,26-45H2,1-5H3/b22-20-,25-23-. The minimum atomic E-state index is -4.53. The zero-order valence-corrected chi connectivity index (χ0v) is 38.5. The van der Waals surface area contributed by atoms with Crippen LogP contribution in [0.2, 0.25) is 0 Å². The van der Waals surface area contributed by atoms with Crippen molar-refractivity contribution in [1.82, 2.24) is 0 Å². The molecule has 332 valence electrons. The van der Waals surface area contributed by atoms with Crippen molar-refractivity contribution in [1.29, 1.82) is 0 Å². The average Bonchev–Trinajstić information content (AvgIpc) is 3.15. The molecule has 8 nitrogen and oxygen atoms in total. The number of allylic oxidation sites excluding steroid dienone is 4. The molecule has 0 aliphatic heterocycles. The molecule has 0 aromatic carbocycles. The van der Waals surface area contributed by atoms with Crippen molar-refractivity contribution >= 4 is 13.8 Å². The highest BCUT2D eigenvalue weighted by molar-refractivity contribution is 7.45. The number of rotatable bonds is 44. The Kier molecular flexibility index (Phi) is 40.0. The number of hydrogen-bond acceptors (Lipinski definition) is 7. The fourth-order valence-corrected chi connectivity index (χ4v) is 7.26. The maximum absolute atomic E-state index is 12.7. The number of phosphoric ester groups is 1. The average molecular weight is 814 g/mol. The van der Waals surface area contributed by atoms with Gasteiger partial charge in [-0.25, -0.2) is 0 Å². The minimum absolute atomic E-state index is 0.0254. The fraction of sp³-hybridized carbons (Fsp3) is 0.894. The van der Waals surface area contributed by atoms with Gasteiger partial charge in [-0.05, 0) is 64.2 Å². The Balaban J connectivity index is 4.20. The molecule has 0 saturated carbocycles. The van der Waals surface area contributed by atoms with Gasteiger partial charge in [0, 0.05) is 13.0 Å². The van der Waals surface area contributed by atoms with Crippen molar-refractivity contribution in [2.24, 2.45) is 0 Å². The van der Waals surface area contributed by atoms with Crippen molar-refractivity contribution in [2.45, 2.75) is 219 Å². The van der Waals surface area contributed by atoms with E-state index in [1.807, 2.05) is 21.1 Å². The lowest BCUT2D eigenvalue weighted by Gasteiger charge is -2.28. The van der Waals surface area contributed by atoms with E-state index in [0.29, 0.717) is 24.1 Å². The largest absolute Gasteiger partial charge is 0.756 e. The first-order valence-electron chi connectivity index (χ1n) is 23.6. The van der Waals surface area contributed by atoms with E-state index in [9.17, 15) is 14.3 Å². The first-order chi connectivity index (χ1) is 27.1. The van der Waals surface area contributed by atoms with E-state index in [1.54, 1.807) is 0 Å². The van der Waals surface area contributed by atoms with E-state index in [-0.39, 0.29) is 25.8 Å². The molecule has 0 amide bonds. The number of carbonyl (C=O) groups excluding carboxylic acids is 1. The first kappa shape index (κ1) is 55.0. The van der Waals surface area contributed by atoms with Gasteiger partial charge in [-0.3, -0.25) is 9.36 Å². The van der Waals surface area contributed by atoms with Crippen LogP contribution in [0.25, 0.3) is 0 Å². The lowest BCUT2D eigenvalue weighted by Crippen LogP contribution is -2.37. The number of esters is 1. The maximum atomic E-state index is 12.7. The predicted octanol–water partition coefficient (Wildman–Crippen LogP) is 13.4.